The molecule has 1 aliphatic heterocycles. The van der Waals surface area contributed by atoms with Crippen LogP contribution in [0.1, 0.15) is 26.7 Å². The first kappa shape index (κ1) is 14.8. The molecule has 0 radical (unpaired) electrons. The average Bonchev–Trinajstić information content (AvgIpc) is 2.83. The number of amides is 1. The van der Waals surface area contributed by atoms with E-state index in [0.29, 0.717) is 19.1 Å². The maximum atomic E-state index is 11.1. The van der Waals surface area contributed by atoms with E-state index < -0.39 is 0 Å². The van der Waals surface area contributed by atoms with Crippen molar-refractivity contribution in [3.63, 3.8) is 0 Å². The molecule has 0 aliphatic carbocycles. The third-order valence-corrected chi connectivity index (χ3v) is 3.06. The summed E-state index contributed by atoms with van der Waals surface area (Å²) in [5, 5.41) is 3.00. The number of ether oxygens (including phenoxy) is 1. The van der Waals surface area contributed by atoms with Gasteiger partial charge in [0.05, 0.1) is 6.61 Å². The molecule has 2 heterocycles. The fourth-order valence-electron chi connectivity index (χ4n) is 2.07. The van der Waals surface area contributed by atoms with Gasteiger partial charge in [-0.3, -0.25) is 4.79 Å². The molecular formula is C12H18ClN5O2. The second-order valence-corrected chi connectivity index (χ2v) is 5.01. The fourth-order valence-corrected chi connectivity index (χ4v) is 2.22. The molecule has 110 valence electrons. The van der Waals surface area contributed by atoms with Gasteiger partial charge < -0.3 is 15.0 Å². The first-order chi connectivity index (χ1) is 9.58. The lowest BCUT2D eigenvalue weighted by molar-refractivity contribution is -0.119. The van der Waals surface area contributed by atoms with Gasteiger partial charge in [0, 0.05) is 26.1 Å². The third-order valence-electron chi connectivity index (χ3n) is 2.89. The number of halogens is 1. The molecule has 20 heavy (non-hydrogen) atoms. The van der Waals surface area contributed by atoms with Crippen molar-refractivity contribution in [2.45, 2.75) is 32.7 Å². The van der Waals surface area contributed by atoms with Gasteiger partial charge in [0.15, 0.2) is 0 Å². The largest absolute Gasteiger partial charge is 0.463 e. The van der Waals surface area contributed by atoms with Gasteiger partial charge in [0.1, 0.15) is 0 Å². The smallest absolute Gasteiger partial charge is 0.322 e. The molecule has 1 saturated heterocycles. The van der Waals surface area contributed by atoms with E-state index in [4.69, 9.17) is 16.3 Å². The van der Waals surface area contributed by atoms with Crippen molar-refractivity contribution < 1.29 is 9.53 Å². The minimum atomic E-state index is -0.0301. The van der Waals surface area contributed by atoms with E-state index in [9.17, 15) is 4.79 Å². The van der Waals surface area contributed by atoms with Crippen LogP contribution in [0.2, 0.25) is 5.28 Å². The molecule has 7 nitrogen and oxygen atoms in total. The van der Waals surface area contributed by atoms with Crippen molar-refractivity contribution in [1.82, 2.24) is 20.3 Å². The summed E-state index contributed by atoms with van der Waals surface area (Å²) in [6.45, 7) is 5.47. The Morgan fingerprint density at radius 3 is 3.00 bits per heavy atom. The van der Waals surface area contributed by atoms with Gasteiger partial charge in [-0.15, -0.1) is 0 Å². The normalized spacial score (nSPS) is 18.1. The Hall–Kier alpha value is -1.63. The highest BCUT2D eigenvalue weighted by Crippen LogP contribution is 2.20. The van der Waals surface area contributed by atoms with Crippen molar-refractivity contribution in [2.75, 3.05) is 24.6 Å². The summed E-state index contributed by atoms with van der Waals surface area (Å²) in [4.78, 5) is 25.3. The Bertz CT molecular complexity index is 485. The van der Waals surface area contributed by atoms with Gasteiger partial charge >= 0.3 is 6.01 Å². The molecule has 1 amide bonds. The molecule has 0 spiro atoms. The predicted molar refractivity (Wildman–Crippen MR) is 75.1 cm³/mol. The summed E-state index contributed by atoms with van der Waals surface area (Å²) in [6.07, 6.45) is 1.72. The van der Waals surface area contributed by atoms with E-state index in [1.165, 1.54) is 6.92 Å². The van der Waals surface area contributed by atoms with E-state index >= 15 is 0 Å². The molecule has 1 aliphatic rings. The van der Waals surface area contributed by atoms with Crippen LogP contribution in [-0.4, -0.2) is 46.6 Å². The van der Waals surface area contributed by atoms with E-state index in [0.717, 1.165) is 19.4 Å². The van der Waals surface area contributed by atoms with Crippen molar-refractivity contribution in [1.29, 1.82) is 0 Å². The lowest BCUT2D eigenvalue weighted by Crippen LogP contribution is -2.35. The second kappa shape index (κ2) is 6.69. The first-order valence-corrected chi connectivity index (χ1v) is 7.02. The predicted octanol–water partition coefficient (Wildman–Crippen LogP) is 1.03. The van der Waals surface area contributed by atoms with Crippen molar-refractivity contribution in [3.8, 4) is 6.01 Å². The SMILES string of the molecule is CCCOc1nc(Cl)nc(N2CCC(NC(C)=O)C2)n1. The molecule has 0 saturated carbocycles. The summed E-state index contributed by atoms with van der Waals surface area (Å²) >= 11 is 5.89. The molecule has 1 fully saturated rings. The summed E-state index contributed by atoms with van der Waals surface area (Å²) in [7, 11) is 0. The average molecular weight is 300 g/mol. The monoisotopic (exact) mass is 299 g/mol. The maximum Gasteiger partial charge on any atom is 0.322 e. The van der Waals surface area contributed by atoms with Crippen molar-refractivity contribution in [2.24, 2.45) is 0 Å². The van der Waals surface area contributed by atoms with Gasteiger partial charge in [-0.05, 0) is 24.4 Å². The van der Waals surface area contributed by atoms with Crippen LogP contribution in [0.15, 0.2) is 0 Å². The fraction of sp³-hybridized carbons (Fsp3) is 0.667. The lowest BCUT2D eigenvalue weighted by atomic mass is 10.3. The third kappa shape index (κ3) is 3.93. The second-order valence-electron chi connectivity index (χ2n) is 4.67. The number of carbonyl (C=O) groups is 1. The number of carbonyl (C=O) groups excluding carboxylic acids is 1. The van der Waals surface area contributed by atoms with Gasteiger partial charge in [-0.2, -0.15) is 15.0 Å². The summed E-state index contributed by atoms with van der Waals surface area (Å²) in [6, 6.07) is 0.355. The number of nitrogens with zero attached hydrogens (tertiary/aromatic N) is 4. The van der Waals surface area contributed by atoms with Crippen LogP contribution in [0.25, 0.3) is 0 Å². The molecule has 0 bridgehead atoms. The van der Waals surface area contributed by atoms with Crippen molar-refractivity contribution in [3.05, 3.63) is 5.28 Å². The number of hydrogen-bond acceptors (Lipinski definition) is 6. The first-order valence-electron chi connectivity index (χ1n) is 6.65. The highest BCUT2D eigenvalue weighted by atomic mass is 35.5. The lowest BCUT2D eigenvalue weighted by Gasteiger charge is -2.17. The molecule has 1 unspecified atom stereocenters. The maximum absolute atomic E-state index is 11.1. The van der Waals surface area contributed by atoms with Crippen LogP contribution < -0.4 is 15.0 Å². The summed E-state index contributed by atoms with van der Waals surface area (Å²) in [5.41, 5.74) is 0. The van der Waals surface area contributed by atoms with Crippen LogP contribution in [0.4, 0.5) is 5.95 Å². The number of hydrogen-bond donors (Lipinski definition) is 1. The quantitative estimate of drug-likeness (QED) is 0.874. The summed E-state index contributed by atoms with van der Waals surface area (Å²) < 4.78 is 5.38. The van der Waals surface area contributed by atoms with E-state index in [1.807, 2.05) is 11.8 Å². The number of anilines is 1. The Kier molecular flexibility index (Phi) is 4.94. The molecule has 0 aromatic carbocycles. The molecule has 1 aromatic rings. The Labute approximate surface area is 122 Å². The number of aromatic nitrogens is 3. The molecular weight excluding hydrogens is 282 g/mol. The minimum Gasteiger partial charge on any atom is -0.463 e. The zero-order chi connectivity index (χ0) is 14.5. The molecule has 8 heteroatoms. The Balaban J connectivity index is 2.05. The molecule has 1 aromatic heterocycles. The van der Waals surface area contributed by atoms with Crippen LogP contribution in [0.5, 0.6) is 6.01 Å². The van der Waals surface area contributed by atoms with Crippen molar-refractivity contribution >= 4 is 23.5 Å². The van der Waals surface area contributed by atoms with E-state index in [-0.39, 0.29) is 23.2 Å². The molecule has 1 atom stereocenters. The topological polar surface area (TPSA) is 80.2 Å². The van der Waals surface area contributed by atoms with E-state index in [1.54, 1.807) is 0 Å². The van der Waals surface area contributed by atoms with Crippen LogP contribution in [0, 0.1) is 0 Å². The standard InChI is InChI=1S/C12H18ClN5O2/c1-3-6-20-12-16-10(13)15-11(17-12)18-5-4-9(7-18)14-8(2)19/h9H,3-7H2,1-2H3,(H,14,19). The van der Waals surface area contributed by atoms with Gasteiger partial charge in [-0.25, -0.2) is 0 Å². The Morgan fingerprint density at radius 1 is 1.50 bits per heavy atom. The van der Waals surface area contributed by atoms with Crippen LogP contribution in [0.3, 0.4) is 0 Å². The van der Waals surface area contributed by atoms with Gasteiger partial charge in [-0.1, -0.05) is 6.92 Å². The molecule has 1 N–H and O–H groups in total. The highest BCUT2D eigenvalue weighted by Gasteiger charge is 2.25. The van der Waals surface area contributed by atoms with Gasteiger partial charge in [0.25, 0.3) is 0 Å². The highest BCUT2D eigenvalue weighted by molar-refractivity contribution is 6.28. The number of nitrogens with one attached hydrogen (secondary N) is 1. The summed E-state index contributed by atoms with van der Waals surface area (Å²) in [5.74, 6) is 0.460. The minimum absolute atomic E-state index is 0.0301. The number of rotatable bonds is 5. The molecule has 2 rings (SSSR count). The van der Waals surface area contributed by atoms with Crippen LogP contribution >= 0.6 is 11.6 Å². The zero-order valence-corrected chi connectivity index (χ0v) is 12.4. The van der Waals surface area contributed by atoms with E-state index in [2.05, 4.69) is 20.3 Å². The van der Waals surface area contributed by atoms with Crippen LogP contribution in [-0.2, 0) is 4.79 Å². The van der Waals surface area contributed by atoms with Gasteiger partial charge in [0.2, 0.25) is 17.1 Å². The Morgan fingerprint density at radius 2 is 2.30 bits per heavy atom. The zero-order valence-electron chi connectivity index (χ0n) is 11.6.